The van der Waals surface area contributed by atoms with Gasteiger partial charge >= 0.3 is 0 Å². The number of nitrogens with zero attached hydrogens (tertiary/aromatic N) is 4. The van der Waals surface area contributed by atoms with E-state index >= 15 is 0 Å². The average molecular weight is 315 g/mol. The zero-order valence-electron chi connectivity index (χ0n) is 14.0. The number of aliphatic imine (C=N–C) groups is 1. The van der Waals surface area contributed by atoms with Crippen molar-refractivity contribution in [2.45, 2.75) is 70.4 Å². The van der Waals surface area contributed by atoms with Crippen molar-refractivity contribution in [2.24, 2.45) is 4.99 Å². The fraction of sp³-hybridized carbons (Fsp3) is 0.706. The molecule has 1 aromatic heterocycles. The fourth-order valence-corrected chi connectivity index (χ4v) is 4.06. The third kappa shape index (κ3) is 2.26. The first-order valence-electron chi connectivity index (χ1n) is 8.94. The maximum absolute atomic E-state index is 12.6. The molecule has 3 aliphatic rings. The molecular weight excluding hydrogens is 290 g/mol. The van der Waals surface area contributed by atoms with Crippen LogP contribution in [0.5, 0.6) is 0 Å². The third-order valence-corrected chi connectivity index (χ3v) is 5.32. The molecule has 1 fully saturated rings. The largest absolute Gasteiger partial charge is 0.336 e. The number of aromatic nitrogens is 2. The van der Waals surface area contributed by atoms with E-state index in [4.69, 9.17) is 9.98 Å². The summed E-state index contributed by atoms with van der Waals surface area (Å²) in [5.41, 5.74) is 0.643. The number of H-pyrrole nitrogens is 1. The molecule has 2 aliphatic heterocycles. The number of carbonyl (C=O) groups excluding carboxylic acids is 1. The standard InChI is InChI=1S/C17H25N5O/c1-3-4-5-6-10-13-19-14-15(20-13)22-12-9-7-8-11(12)18-17(22)21(2)16(14)23/h11-12H,3-10H2,1-2H3,(H,19,20)/t11?,12-/m0/s1. The van der Waals surface area contributed by atoms with Gasteiger partial charge in [0.1, 0.15) is 11.5 Å². The van der Waals surface area contributed by atoms with E-state index in [0.717, 1.165) is 43.3 Å². The minimum absolute atomic E-state index is 0.0118. The Morgan fingerprint density at radius 1 is 1.26 bits per heavy atom. The lowest BCUT2D eigenvalue weighted by molar-refractivity contribution is 0.0859. The van der Waals surface area contributed by atoms with Crippen LogP contribution in [0.3, 0.4) is 0 Å². The van der Waals surface area contributed by atoms with Crippen LogP contribution in [0.25, 0.3) is 0 Å². The molecule has 0 aromatic carbocycles. The van der Waals surface area contributed by atoms with Gasteiger partial charge in [-0.15, -0.1) is 0 Å². The molecular formula is C17H25N5O. The first kappa shape index (κ1) is 14.7. The lowest BCUT2D eigenvalue weighted by atomic mass is 10.1. The number of fused-ring (bicyclic) bond motifs is 5. The Morgan fingerprint density at radius 2 is 2.13 bits per heavy atom. The first-order chi connectivity index (χ1) is 11.2. The molecule has 6 nitrogen and oxygen atoms in total. The van der Waals surface area contributed by atoms with Gasteiger partial charge in [-0.25, -0.2) is 9.98 Å². The van der Waals surface area contributed by atoms with E-state index in [1.54, 1.807) is 4.90 Å². The van der Waals surface area contributed by atoms with Gasteiger partial charge in [0.2, 0.25) is 5.96 Å². The number of rotatable bonds is 5. The molecule has 124 valence electrons. The normalized spacial score (nSPS) is 25.5. The van der Waals surface area contributed by atoms with E-state index in [1.807, 2.05) is 7.05 Å². The topological polar surface area (TPSA) is 64.6 Å². The number of aromatic amines is 1. The SMILES string of the molecule is CCCCCCc1nc2c([nH]1)C(=O)N(C)C1=NC3CCC[C@@H]3N12. The molecule has 1 aliphatic carbocycles. The Bertz CT molecular complexity index is 649. The molecule has 3 heterocycles. The van der Waals surface area contributed by atoms with Crippen molar-refractivity contribution < 1.29 is 4.79 Å². The first-order valence-corrected chi connectivity index (χ1v) is 8.94. The third-order valence-electron chi connectivity index (χ3n) is 5.32. The monoisotopic (exact) mass is 315 g/mol. The summed E-state index contributed by atoms with van der Waals surface area (Å²) < 4.78 is 0. The van der Waals surface area contributed by atoms with Crippen LogP contribution in [-0.4, -0.2) is 45.9 Å². The Hall–Kier alpha value is -1.85. The van der Waals surface area contributed by atoms with Crippen molar-refractivity contribution in [3.8, 4) is 0 Å². The Kier molecular flexibility index (Phi) is 3.62. The van der Waals surface area contributed by atoms with Crippen LogP contribution in [0.2, 0.25) is 0 Å². The number of hydrogen-bond donors (Lipinski definition) is 1. The van der Waals surface area contributed by atoms with Crippen molar-refractivity contribution in [2.75, 3.05) is 11.9 Å². The Morgan fingerprint density at radius 3 is 2.96 bits per heavy atom. The van der Waals surface area contributed by atoms with Gasteiger partial charge in [-0.2, -0.15) is 0 Å². The van der Waals surface area contributed by atoms with Gasteiger partial charge in [0.05, 0.1) is 12.1 Å². The minimum Gasteiger partial charge on any atom is -0.336 e. The van der Waals surface area contributed by atoms with Crippen LogP contribution in [-0.2, 0) is 6.42 Å². The molecule has 0 saturated heterocycles. The Balaban J connectivity index is 1.62. The smallest absolute Gasteiger partial charge is 0.280 e. The van der Waals surface area contributed by atoms with Crippen molar-refractivity contribution in [1.82, 2.24) is 14.9 Å². The summed E-state index contributed by atoms with van der Waals surface area (Å²) in [5.74, 6) is 2.53. The molecule has 0 spiro atoms. The molecule has 1 amide bonds. The van der Waals surface area contributed by atoms with Gasteiger partial charge in [0.15, 0.2) is 5.82 Å². The zero-order chi connectivity index (χ0) is 16.0. The number of nitrogens with one attached hydrogen (secondary N) is 1. The molecule has 2 atom stereocenters. The molecule has 4 rings (SSSR count). The van der Waals surface area contributed by atoms with Gasteiger partial charge in [0, 0.05) is 13.5 Å². The second kappa shape index (κ2) is 5.65. The molecule has 1 unspecified atom stereocenters. The summed E-state index contributed by atoms with van der Waals surface area (Å²) in [6.07, 6.45) is 9.22. The summed E-state index contributed by atoms with van der Waals surface area (Å²) >= 11 is 0. The summed E-state index contributed by atoms with van der Waals surface area (Å²) in [6.45, 7) is 2.21. The lowest BCUT2D eigenvalue weighted by Crippen LogP contribution is -2.51. The van der Waals surface area contributed by atoms with Gasteiger partial charge in [0.25, 0.3) is 5.91 Å². The van der Waals surface area contributed by atoms with Crippen LogP contribution in [0.4, 0.5) is 5.82 Å². The maximum Gasteiger partial charge on any atom is 0.280 e. The second-order valence-corrected chi connectivity index (χ2v) is 6.92. The molecule has 1 aromatic rings. The van der Waals surface area contributed by atoms with Crippen LogP contribution >= 0.6 is 0 Å². The summed E-state index contributed by atoms with van der Waals surface area (Å²) in [6, 6.07) is 0.714. The number of anilines is 1. The van der Waals surface area contributed by atoms with Crippen molar-refractivity contribution in [3.05, 3.63) is 11.5 Å². The van der Waals surface area contributed by atoms with E-state index in [-0.39, 0.29) is 5.91 Å². The van der Waals surface area contributed by atoms with E-state index in [2.05, 4.69) is 16.8 Å². The molecule has 6 heteroatoms. The highest BCUT2D eigenvalue weighted by molar-refractivity contribution is 6.18. The minimum atomic E-state index is -0.0118. The fourth-order valence-electron chi connectivity index (χ4n) is 4.06. The van der Waals surface area contributed by atoms with Gasteiger partial charge in [-0.05, 0) is 25.7 Å². The molecule has 23 heavy (non-hydrogen) atoms. The number of carbonyl (C=O) groups is 1. The van der Waals surface area contributed by atoms with Crippen LogP contribution in [0, 0.1) is 0 Å². The number of hydrogen-bond acceptors (Lipinski definition) is 4. The molecule has 0 bridgehead atoms. The van der Waals surface area contributed by atoms with Gasteiger partial charge in [-0.1, -0.05) is 26.2 Å². The number of unbranched alkanes of at least 4 members (excludes halogenated alkanes) is 3. The van der Waals surface area contributed by atoms with Gasteiger partial charge < -0.3 is 4.98 Å². The predicted octanol–water partition coefficient (Wildman–Crippen LogP) is 2.72. The van der Waals surface area contributed by atoms with E-state index in [1.165, 1.54) is 25.7 Å². The van der Waals surface area contributed by atoms with Crippen molar-refractivity contribution in [3.63, 3.8) is 0 Å². The van der Waals surface area contributed by atoms with Crippen LogP contribution in [0.15, 0.2) is 4.99 Å². The number of amides is 1. The average Bonchev–Trinajstić information content (AvgIpc) is 3.22. The highest BCUT2D eigenvalue weighted by Crippen LogP contribution is 2.39. The van der Waals surface area contributed by atoms with Crippen molar-refractivity contribution >= 4 is 17.7 Å². The Labute approximate surface area is 137 Å². The van der Waals surface area contributed by atoms with E-state index in [0.29, 0.717) is 17.8 Å². The second-order valence-electron chi connectivity index (χ2n) is 6.92. The van der Waals surface area contributed by atoms with Gasteiger partial charge in [-0.3, -0.25) is 14.6 Å². The highest BCUT2D eigenvalue weighted by atomic mass is 16.2. The zero-order valence-corrected chi connectivity index (χ0v) is 14.0. The van der Waals surface area contributed by atoms with E-state index < -0.39 is 0 Å². The maximum atomic E-state index is 12.6. The number of aryl methyl sites for hydroxylation is 1. The quantitative estimate of drug-likeness (QED) is 0.850. The van der Waals surface area contributed by atoms with Crippen LogP contribution < -0.4 is 4.90 Å². The van der Waals surface area contributed by atoms with Crippen molar-refractivity contribution in [1.29, 1.82) is 0 Å². The van der Waals surface area contributed by atoms with E-state index in [9.17, 15) is 4.79 Å². The molecule has 1 N–H and O–H groups in total. The summed E-state index contributed by atoms with van der Waals surface area (Å²) in [7, 11) is 1.82. The number of guanidine groups is 1. The lowest BCUT2D eigenvalue weighted by Gasteiger charge is -2.33. The molecule has 0 radical (unpaired) electrons. The summed E-state index contributed by atoms with van der Waals surface area (Å²) in [4.78, 5) is 29.4. The number of imidazole rings is 1. The molecule has 1 saturated carbocycles. The highest BCUT2D eigenvalue weighted by Gasteiger charge is 2.48. The summed E-state index contributed by atoms with van der Waals surface area (Å²) in [5, 5.41) is 0. The van der Waals surface area contributed by atoms with Crippen LogP contribution in [0.1, 0.15) is 68.2 Å². The predicted molar refractivity (Wildman–Crippen MR) is 89.9 cm³/mol.